The van der Waals surface area contributed by atoms with Crippen molar-refractivity contribution in [2.75, 3.05) is 7.11 Å². The molecular formula is C10H12O3. The predicted octanol–water partition coefficient (Wildman–Crippen LogP) is 1.39. The lowest BCUT2D eigenvalue weighted by atomic mass is 10.1. The van der Waals surface area contributed by atoms with E-state index in [-0.39, 0.29) is 12.4 Å². The fourth-order valence-corrected chi connectivity index (χ4v) is 1.23. The molecule has 1 aromatic rings. The lowest BCUT2D eigenvalue weighted by molar-refractivity contribution is 0.101. The maximum absolute atomic E-state index is 11.1. The van der Waals surface area contributed by atoms with E-state index in [0.717, 1.165) is 0 Å². The Balaban J connectivity index is 3.27. The van der Waals surface area contributed by atoms with Crippen molar-refractivity contribution in [1.29, 1.82) is 0 Å². The van der Waals surface area contributed by atoms with Crippen LogP contribution in [-0.4, -0.2) is 18.0 Å². The van der Waals surface area contributed by atoms with Crippen molar-refractivity contribution >= 4 is 5.78 Å². The summed E-state index contributed by atoms with van der Waals surface area (Å²) in [6, 6.07) is 5.14. The fraction of sp³-hybridized carbons (Fsp3) is 0.300. The van der Waals surface area contributed by atoms with Crippen molar-refractivity contribution < 1.29 is 14.6 Å². The van der Waals surface area contributed by atoms with E-state index in [1.54, 1.807) is 18.2 Å². The third-order valence-corrected chi connectivity index (χ3v) is 1.85. The van der Waals surface area contributed by atoms with Crippen LogP contribution in [-0.2, 0) is 6.61 Å². The Morgan fingerprint density at radius 1 is 1.54 bits per heavy atom. The van der Waals surface area contributed by atoms with Gasteiger partial charge in [0.05, 0.1) is 19.3 Å². The lowest BCUT2D eigenvalue weighted by Crippen LogP contribution is -2.00. The van der Waals surface area contributed by atoms with Gasteiger partial charge in [0.15, 0.2) is 5.78 Å². The Labute approximate surface area is 77.0 Å². The number of hydrogen-bond donors (Lipinski definition) is 1. The summed E-state index contributed by atoms with van der Waals surface area (Å²) in [5.41, 5.74) is 1.14. The van der Waals surface area contributed by atoms with Crippen molar-refractivity contribution in [3.05, 3.63) is 29.3 Å². The molecule has 0 atom stereocenters. The number of aliphatic hydroxyl groups excluding tert-OH is 1. The zero-order chi connectivity index (χ0) is 9.84. The molecule has 1 N–H and O–H groups in total. The first-order valence-electron chi connectivity index (χ1n) is 3.98. The Bertz CT molecular complexity index is 318. The van der Waals surface area contributed by atoms with E-state index in [4.69, 9.17) is 9.84 Å². The van der Waals surface area contributed by atoms with E-state index < -0.39 is 0 Å². The minimum atomic E-state index is -0.121. The minimum Gasteiger partial charge on any atom is -0.496 e. The number of aliphatic hydroxyl groups is 1. The van der Waals surface area contributed by atoms with Crippen LogP contribution in [0.4, 0.5) is 0 Å². The topological polar surface area (TPSA) is 46.5 Å². The van der Waals surface area contributed by atoms with Crippen LogP contribution >= 0.6 is 0 Å². The largest absolute Gasteiger partial charge is 0.496 e. The van der Waals surface area contributed by atoms with Crippen molar-refractivity contribution in [3.63, 3.8) is 0 Å². The van der Waals surface area contributed by atoms with E-state index in [1.165, 1.54) is 14.0 Å². The number of ketones is 1. The second kappa shape index (κ2) is 4.05. The highest BCUT2D eigenvalue weighted by atomic mass is 16.5. The number of carbonyl (C=O) groups excluding carboxylic acids is 1. The van der Waals surface area contributed by atoms with Gasteiger partial charge in [0.2, 0.25) is 0 Å². The van der Waals surface area contributed by atoms with Crippen LogP contribution in [0.5, 0.6) is 5.75 Å². The number of Topliss-reactive ketones (excluding diaryl/α,β-unsaturated/α-hetero) is 1. The zero-order valence-electron chi connectivity index (χ0n) is 7.70. The summed E-state index contributed by atoms with van der Waals surface area (Å²) in [7, 11) is 1.49. The average molecular weight is 180 g/mol. The predicted molar refractivity (Wildman–Crippen MR) is 48.9 cm³/mol. The molecule has 1 aromatic carbocycles. The molecule has 0 bridgehead atoms. The highest BCUT2D eigenvalue weighted by Gasteiger charge is 2.10. The molecule has 0 aliphatic rings. The molecular weight excluding hydrogens is 168 g/mol. The molecule has 0 saturated heterocycles. The van der Waals surface area contributed by atoms with Crippen molar-refractivity contribution in [3.8, 4) is 5.75 Å². The molecule has 0 aliphatic carbocycles. The second-order valence-electron chi connectivity index (χ2n) is 2.71. The summed E-state index contributed by atoms with van der Waals surface area (Å²) >= 11 is 0. The van der Waals surface area contributed by atoms with Crippen LogP contribution in [0.1, 0.15) is 22.8 Å². The van der Waals surface area contributed by atoms with Crippen LogP contribution < -0.4 is 4.74 Å². The van der Waals surface area contributed by atoms with Gasteiger partial charge in [-0.2, -0.15) is 0 Å². The first kappa shape index (κ1) is 9.74. The minimum absolute atomic E-state index is 0.0628. The number of rotatable bonds is 3. The molecule has 3 heteroatoms. The molecule has 0 heterocycles. The van der Waals surface area contributed by atoms with Gasteiger partial charge in [0, 0.05) is 5.56 Å². The van der Waals surface area contributed by atoms with E-state index >= 15 is 0 Å². The van der Waals surface area contributed by atoms with Crippen LogP contribution in [0, 0.1) is 0 Å². The Morgan fingerprint density at radius 3 is 2.69 bits per heavy atom. The van der Waals surface area contributed by atoms with Crippen LogP contribution in [0.2, 0.25) is 0 Å². The first-order valence-corrected chi connectivity index (χ1v) is 3.98. The number of hydrogen-bond acceptors (Lipinski definition) is 3. The van der Waals surface area contributed by atoms with E-state index in [0.29, 0.717) is 16.9 Å². The molecule has 3 nitrogen and oxygen atoms in total. The molecule has 0 radical (unpaired) electrons. The summed E-state index contributed by atoms with van der Waals surface area (Å²) in [5.74, 6) is 0.407. The monoisotopic (exact) mass is 180 g/mol. The Morgan fingerprint density at radius 2 is 2.23 bits per heavy atom. The van der Waals surface area contributed by atoms with Crippen LogP contribution in [0.3, 0.4) is 0 Å². The third kappa shape index (κ3) is 1.87. The fourth-order valence-electron chi connectivity index (χ4n) is 1.23. The average Bonchev–Trinajstić information content (AvgIpc) is 2.16. The molecule has 13 heavy (non-hydrogen) atoms. The molecule has 0 amide bonds. The summed E-state index contributed by atoms with van der Waals surface area (Å²) in [4.78, 5) is 11.1. The second-order valence-corrected chi connectivity index (χ2v) is 2.71. The molecule has 0 aromatic heterocycles. The van der Waals surface area contributed by atoms with Crippen molar-refractivity contribution in [1.82, 2.24) is 0 Å². The molecule has 0 fully saturated rings. The molecule has 0 spiro atoms. The summed E-state index contributed by atoms with van der Waals surface area (Å²) in [6.07, 6.45) is 0. The van der Waals surface area contributed by atoms with Gasteiger partial charge in [-0.05, 0) is 13.0 Å². The zero-order valence-corrected chi connectivity index (χ0v) is 7.70. The van der Waals surface area contributed by atoms with Gasteiger partial charge in [-0.1, -0.05) is 12.1 Å². The maximum atomic E-state index is 11.1. The van der Waals surface area contributed by atoms with Gasteiger partial charge in [-0.15, -0.1) is 0 Å². The number of para-hydroxylation sites is 1. The summed E-state index contributed by atoms with van der Waals surface area (Å²) < 4.78 is 5.05. The number of benzene rings is 1. The van der Waals surface area contributed by atoms with Gasteiger partial charge in [-0.25, -0.2) is 0 Å². The van der Waals surface area contributed by atoms with Crippen LogP contribution in [0.25, 0.3) is 0 Å². The molecule has 1 rings (SSSR count). The smallest absolute Gasteiger partial charge is 0.163 e. The summed E-state index contributed by atoms with van der Waals surface area (Å²) in [6.45, 7) is 1.35. The van der Waals surface area contributed by atoms with Crippen molar-refractivity contribution in [2.45, 2.75) is 13.5 Å². The van der Waals surface area contributed by atoms with E-state index in [1.807, 2.05) is 0 Å². The Kier molecular flexibility index (Phi) is 3.03. The lowest BCUT2D eigenvalue weighted by Gasteiger charge is -2.09. The third-order valence-electron chi connectivity index (χ3n) is 1.85. The molecule has 0 aliphatic heterocycles. The molecule has 70 valence electrons. The standard InChI is InChI=1S/C10H12O3/c1-7(12)9-5-3-4-8(6-11)10(9)13-2/h3-5,11H,6H2,1-2H3. The summed E-state index contributed by atoms with van der Waals surface area (Å²) in [5, 5.41) is 8.96. The number of ether oxygens (including phenoxy) is 1. The molecule has 0 unspecified atom stereocenters. The first-order chi connectivity index (χ1) is 6.20. The van der Waals surface area contributed by atoms with Crippen molar-refractivity contribution in [2.24, 2.45) is 0 Å². The maximum Gasteiger partial charge on any atom is 0.163 e. The van der Waals surface area contributed by atoms with Gasteiger partial charge in [0.25, 0.3) is 0 Å². The quantitative estimate of drug-likeness (QED) is 0.715. The molecule has 0 saturated carbocycles. The van der Waals surface area contributed by atoms with Gasteiger partial charge in [0.1, 0.15) is 5.75 Å². The number of methoxy groups -OCH3 is 1. The van der Waals surface area contributed by atoms with Crippen LogP contribution in [0.15, 0.2) is 18.2 Å². The van der Waals surface area contributed by atoms with Gasteiger partial charge >= 0.3 is 0 Å². The van der Waals surface area contributed by atoms with E-state index in [2.05, 4.69) is 0 Å². The van der Waals surface area contributed by atoms with Gasteiger partial charge < -0.3 is 9.84 Å². The van der Waals surface area contributed by atoms with Gasteiger partial charge in [-0.3, -0.25) is 4.79 Å². The highest BCUT2D eigenvalue weighted by Crippen LogP contribution is 2.23. The highest BCUT2D eigenvalue weighted by molar-refractivity contribution is 5.97. The number of carbonyl (C=O) groups is 1. The van der Waals surface area contributed by atoms with E-state index in [9.17, 15) is 4.79 Å². The SMILES string of the molecule is COc1c(CO)cccc1C(C)=O. The normalized spacial score (nSPS) is 9.77. The Hall–Kier alpha value is -1.35.